The van der Waals surface area contributed by atoms with E-state index in [9.17, 15) is 4.79 Å². The quantitative estimate of drug-likeness (QED) is 0.774. The minimum absolute atomic E-state index is 0.104. The summed E-state index contributed by atoms with van der Waals surface area (Å²) >= 11 is 0. The Labute approximate surface area is 85.3 Å². The molecule has 0 atom stereocenters. The van der Waals surface area contributed by atoms with E-state index in [0.29, 0.717) is 6.42 Å². The molecule has 2 nitrogen and oxygen atoms in total. The molecule has 14 heavy (non-hydrogen) atoms. The van der Waals surface area contributed by atoms with Gasteiger partial charge in [-0.15, -0.1) is 0 Å². The minimum Gasteiger partial charge on any atom is -0.359 e. The molecule has 0 aromatic heterocycles. The number of hydrogen-bond acceptors (Lipinski definition) is 1. The minimum atomic E-state index is 0.104. The molecule has 0 spiro atoms. The molecule has 0 bridgehead atoms. The summed E-state index contributed by atoms with van der Waals surface area (Å²) in [4.78, 5) is 11.0. The van der Waals surface area contributed by atoms with E-state index in [1.165, 1.54) is 11.1 Å². The first-order chi connectivity index (χ1) is 6.76. The summed E-state index contributed by atoms with van der Waals surface area (Å²) in [5.74, 6) is 0.104. The lowest BCUT2D eigenvalue weighted by Crippen LogP contribution is -2.17. The Hall–Kier alpha value is -1.31. The number of carbonyl (C=O) groups excluding carboxylic acids is 1. The van der Waals surface area contributed by atoms with Crippen LogP contribution >= 0.6 is 0 Å². The molecule has 76 valence electrons. The van der Waals surface area contributed by atoms with Gasteiger partial charge in [-0.25, -0.2) is 0 Å². The van der Waals surface area contributed by atoms with Gasteiger partial charge in [0.05, 0.1) is 0 Å². The molecule has 0 saturated carbocycles. The van der Waals surface area contributed by atoms with E-state index in [1.54, 1.807) is 7.05 Å². The van der Waals surface area contributed by atoms with Crippen LogP contribution in [0.3, 0.4) is 0 Å². The maximum absolute atomic E-state index is 11.0. The summed E-state index contributed by atoms with van der Waals surface area (Å²) < 4.78 is 0. The number of hydrogen-bond donors (Lipinski definition) is 1. The van der Waals surface area contributed by atoms with Gasteiger partial charge in [-0.2, -0.15) is 0 Å². The third kappa shape index (κ3) is 3.21. The van der Waals surface area contributed by atoms with Gasteiger partial charge in [-0.1, -0.05) is 31.2 Å². The molecule has 0 fully saturated rings. The van der Waals surface area contributed by atoms with Crippen molar-refractivity contribution in [1.29, 1.82) is 0 Å². The molecule has 0 radical (unpaired) electrons. The van der Waals surface area contributed by atoms with Gasteiger partial charge in [-0.05, 0) is 24.0 Å². The van der Waals surface area contributed by atoms with Gasteiger partial charge in [0.15, 0.2) is 0 Å². The fourth-order valence-electron chi connectivity index (χ4n) is 1.39. The van der Waals surface area contributed by atoms with Crippen molar-refractivity contribution in [3.05, 3.63) is 35.4 Å². The number of nitrogens with one attached hydrogen (secondary N) is 1. The van der Waals surface area contributed by atoms with E-state index in [1.807, 2.05) is 0 Å². The van der Waals surface area contributed by atoms with Gasteiger partial charge in [0.1, 0.15) is 0 Å². The molecule has 1 aromatic rings. The first-order valence-corrected chi connectivity index (χ1v) is 5.04. The standard InChI is InChI=1S/C12H17NO/c1-3-10-5-4-6-11(9-10)7-8-12(14)13-2/h4-6,9H,3,7-8H2,1-2H3,(H,13,14). The number of carbonyl (C=O) groups is 1. The summed E-state index contributed by atoms with van der Waals surface area (Å²) in [6.07, 6.45) is 2.45. The molecule has 0 aliphatic rings. The normalized spacial score (nSPS) is 9.86. The van der Waals surface area contributed by atoms with E-state index >= 15 is 0 Å². The highest BCUT2D eigenvalue weighted by Gasteiger charge is 1.99. The van der Waals surface area contributed by atoms with Crippen LogP contribution in [0.5, 0.6) is 0 Å². The largest absolute Gasteiger partial charge is 0.359 e. The van der Waals surface area contributed by atoms with Crippen LogP contribution in [-0.2, 0) is 17.6 Å². The van der Waals surface area contributed by atoms with E-state index in [4.69, 9.17) is 0 Å². The predicted molar refractivity (Wildman–Crippen MR) is 58.2 cm³/mol. The van der Waals surface area contributed by atoms with E-state index < -0.39 is 0 Å². The molecule has 0 saturated heterocycles. The zero-order valence-electron chi connectivity index (χ0n) is 8.84. The number of amides is 1. The highest BCUT2D eigenvalue weighted by molar-refractivity contribution is 5.75. The van der Waals surface area contributed by atoms with Crippen LogP contribution in [0.2, 0.25) is 0 Å². The Morgan fingerprint density at radius 3 is 2.71 bits per heavy atom. The van der Waals surface area contributed by atoms with Gasteiger partial charge >= 0.3 is 0 Å². The third-order valence-corrected chi connectivity index (χ3v) is 2.32. The zero-order valence-corrected chi connectivity index (χ0v) is 8.84. The summed E-state index contributed by atoms with van der Waals surface area (Å²) in [7, 11) is 1.67. The van der Waals surface area contributed by atoms with Crippen molar-refractivity contribution in [3.63, 3.8) is 0 Å². The van der Waals surface area contributed by atoms with Crippen molar-refractivity contribution in [1.82, 2.24) is 5.32 Å². The fourth-order valence-corrected chi connectivity index (χ4v) is 1.39. The van der Waals surface area contributed by atoms with Crippen LogP contribution in [0.25, 0.3) is 0 Å². The topological polar surface area (TPSA) is 29.1 Å². The Balaban J connectivity index is 2.54. The summed E-state index contributed by atoms with van der Waals surface area (Å²) in [6, 6.07) is 8.41. The van der Waals surface area contributed by atoms with Crippen LogP contribution in [0, 0.1) is 0 Å². The van der Waals surface area contributed by atoms with E-state index in [-0.39, 0.29) is 5.91 Å². The van der Waals surface area contributed by atoms with E-state index in [0.717, 1.165) is 12.8 Å². The van der Waals surface area contributed by atoms with Crippen LogP contribution < -0.4 is 5.32 Å². The average molecular weight is 191 g/mol. The number of rotatable bonds is 4. The molecule has 1 N–H and O–H groups in total. The first-order valence-electron chi connectivity index (χ1n) is 5.04. The van der Waals surface area contributed by atoms with E-state index in [2.05, 4.69) is 36.5 Å². The SMILES string of the molecule is CCc1cccc(CCC(=O)NC)c1. The predicted octanol–water partition coefficient (Wildman–Crippen LogP) is 1.93. The van der Waals surface area contributed by atoms with Gasteiger partial charge in [-0.3, -0.25) is 4.79 Å². The highest BCUT2D eigenvalue weighted by Crippen LogP contribution is 2.07. The molecule has 0 unspecified atom stereocenters. The average Bonchev–Trinajstić information content (AvgIpc) is 2.26. The van der Waals surface area contributed by atoms with Gasteiger partial charge in [0.25, 0.3) is 0 Å². The third-order valence-electron chi connectivity index (χ3n) is 2.32. The van der Waals surface area contributed by atoms with Crippen LogP contribution in [-0.4, -0.2) is 13.0 Å². The molecule has 1 amide bonds. The summed E-state index contributed by atoms with van der Waals surface area (Å²) in [5.41, 5.74) is 2.58. The lowest BCUT2D eigenvalue weighted by molar-refractivity contribution is -0.120. The maximum Gasteiger partial charge on any atom is 0.220 e. The van der Waals surface area contributed by atoms with Crippen molar-refractivity contribution >= 4 is 5.91 Å². The summed E-state index contributed by atoms with van der Waals surface area (Å²) in [6.45, 7) is 2.14. The van der Waals surface area contributed by atoms with Gasteiger partial charge in [0.2, 0.25) is 5.91 Å². The molecule has 0 heterocycles. The second kappa shape index (κ2) is 5.43. The Morgan fingerprint density at radius 1 is 1.36 bits per heavy atom. The Morgan fingerprint density at radius 2 is 2.07 bits per heavy atom. The fraction of sp³-hybridized carbons (Fsp3) is 0.417. The van der Waals surface area contributed by atoms with Crippen LogP contribution in [0.4, 0.5) is 0 Å². The van der Waals surface area contributed by atoms with Gasteiger partial charge in [0, 0.05) is 13.5 Å². The van der Waals surface area contributed by atoms with Crippen LogP contribution in [0.1, 0.15) is 24.5 Å². The van der Waals surface area contributed by atoms with Crippen molar-refractivity contribution in [2.75, 3.05) is 7.05 Å². The molecule has 1 aromatic carbocycles. The van der Waals surface area contributed by atoms with Crippen molar-refractivity contribution in [3.8, 4) is 0 Å². The second-order valence-electron chi connectivity index (χ2n) is 3.35. The van der Waals surface area contributed by atoms with Crippen molar-refractivity contribution < 1.29 is 4.79 Å². The smallest absolute Gasteiger partial charge is 0.220 e. The van der Waals surface area contributed by atoms with Crippen LogP contribution in [0.15, 0.2) is 24.3 Å². The molecule has 2 heteroatoms. The first kappa shape index (κ1) is 10.8. The lowest BCUT2D eigenvalue weighted by atomic mass is 10.1. The Kier molecular flexibility index (Phi) is 4.17. The molecule has 0 aliphatic carbocycles. The van der Waals surface area contributed by atoms with Crippen molar-refractivity contribution in [2.24, 2.45) is 0 Å². The summed E-state index contributed by atoms with van der Waals surface area (Å²) in [5, 5.41) is 2.62. The lowest BCUT2D eigenvalue weighted by Gasteiger charge is -2.03. The second-order valence-corrected chi connectivity index (χ2v) is 3.35. The number of aryl methyl sites for hydroxylation is 2. The Bertz CT molecular complexity index is 307. The zero-order chi connectivity index (χ0) is 10.4. The molecule has 1 rings (SSSR count). The number of benzene rings is 1. The molecule has 0 aliphatic heterocycles. The maximum atomic E-state index is 11.0. The highest BCUT2D eigenvalue weighted by atomic mass is 16.1. The van der Waals surface area contributed by atoms with Crippen molar-refractivity contribution in [2.45, 2.75) is 26.2 Å². The molecular formula is C12H17NO. The van der Waals surface area contributed by atoms with Gasteiger partial charge < -0.3 is 5.32 Å². The molecular weight excluding hydrogens is 174 g/mol. The monoisotopic (exact) mass is 191 g/mol.